The average Bonchev–Trinajstić information content (AvgIpc) is 2.37. The molecule has 1 rings (SSSR count). The fourth-order valence-corrected chi connectivity index (χ4v) is 1.58. The molecule has 0 amide bonds. The van der Waals surface area contributed by atoms with Gasteiger partial charge in [0.15, 0.2) is 11.6 Å². The normalized spacial score (nSPS) is 14.8. The highest BCUT2D eigenvalue weighted by Gasteiger charge is 2.40. The van der Waals surface area contributed by atoms with Gasteiger partial charge in [-0.15, -0.1) is 0 Å². The van der Waals surface area contributed by atoms with E-state index in [0.717, 1.165) is 26.2 Å². The van der Waals surface area contributed by atoms with Crippen LogP contribution in [0, 0.1) is 11.6 Å². The number of methoxy groups -OCH3 is 1. The minimum absolute atomic E-state index is 0.174. The van der Waals surface area contributed by atoms with E-state index in [1.807, 2.05) is 5.32 Å². The van der Waals surface area contributed by atoms with Gasteiger partial charge in [-0.1, -0.05) is 6.07 Å². The highest BCUT2D eigenvalue weighted by Crippen LogP contribution is 2.26. The molecule has 8 heteroatoms. The Hall–Kier alpha value is -1.70. The summed E-state index contributed by atoms with van der Waals surface area (Å²) in [4.78, 5) is 11.7. The lowest BCUT2D eigenvalue weighted by atomic mass is 9.91. The summed E-state index contributed by atoms with van der Waals surface area (Å²) in [5.41, 5.74) is -2.12. The fourth-order valence-electron chi connectivity index (χ4n) is 1.58. The molecule has 0 bridgehead atoms. The first-order valence-electron chi connectivity index (χ1n) is 5.46. The number of halogens is 5. The van der Waals surface area contributed by atoms with E-state index >= 15 is 0 Å². The van der Waals surface area contributed by atoms with Gasteiger partial charge in [0.05, 0.1) is 13.7 Å². The van der Waals surface area contributed by atoms with Gasteiger partial charge in [-0.3, -0.25) is 5.32 Å². The monoisotopic (exact) mass is 297 g/mol. The van der Waals surface area contributed by atoms with Crippen LogP contribution in [0.25, 0.3) is 0 Å². The van der Waals surface area contributed by atoms with Gasteiger partial charge in [0.2, 0.25) is 0 Å². The summed E-state index contributed by atoms with van der Waals surface area (Å²) in [6, 6.07) is 2.38. The molecule has 0 heterocycles. The van der Waals surface area contributed by atoms with E-state index < -0.39 is 35.9 Å². The molecular weight excluding hydrogens is 285 g/mol. The third-order valence-corrected chi connectivity index (χ3v) is 2.73. The quantitative estimate of drug-likeness (QED) is 0.685. The zero-order valence-corrected chi connectivity index (χ0v) is 10.6. The second-order valence-corrected chi connectivity index (χ2v) is 4.21. The summed E-state index contributed by atoms with van der Waals surface area (Å²) in [5, 5.41) is 1.96. The highest BCUT2D eigenvalue weighted by molar-refractivity contribution is 5.82. The predicted octanol–water partition coefficient (Wildman–Crippen LogP) is 2.50. The number of rotatable bonds is 4. The van der Waals surface area contributed by atoms with Crippen molar-refractivity contribution in [1.29, 1.82) is 0 Å². The maximum absolute atomic E-state index is 13.2. The van der Waals surface area contributed by atoms with Crippen molar-refractivity contribution in [3.8, 4) is 0 Å². The van der Waals surface area contributed by atoms with Gasteiger partial charge in [0.1, 0.15) is 5.54 Å². The van der Waals surface area contributed by atoms with Crippen LogP contribution < -0.4 is 5.32 Å². The first kappa shape index (κ1) is 16.4. The van der Waals surface area contributed by atoms with Crippen molar-refractivity contribution in [2.75, 3.05) is 13.7 Å². The lowest BCUT2D eigenvalue weighted by Crippen LogP contribution is -2.50. The zero-order valence-electron chi connectivity index (χ0n) is 10.6. The van der Waals surface area contributed by atoms with Crippen LogP contribution in [0.5, 0.6) is 0 Å². The third kappa shape index (κ3) is 3.66. The Kier molecular flexibility index (Phi) is 4.69. The molecule has 0 radical (unpaired) electrons. The first-order chi connectivity index (χ1) is 9.10. The van der Waals surface area contributed by atoms with Gasteiger partial charge in [0.25, 0.3) is 0 Å². The number of nitrogens with one attached hydrogen (secondary N) is 1. The lowest BCUT2D eigenvalue weighted by Gasteiger charge is -2.29. The van der Waals surface area contributed by atoms with E-state index in [1.165, 1.54) is 0 Å². The molecule has 1 N–H and O–H groups in total. The van der Waals surface area contributed by atoms with Gasteiger partial charge < -0.3 is 4.74 Å². The molecular formula is C12H12F5NO2. The van der Waals surface area contributed by atoms with Crippen LogP contribution in [0.15, 0.2) is 18.2 Å². The molecule has 0 aliphatic rings. The van der Waals surface area contributed by atoms with E-state index in [2.05, 4.69) is 4.74 Å². The predicted molar refractivity (Wildman–Crippen MR) is 59.8 cm³/mol. The van der Waals surface area contributed by atoms with E-state index in [0.29, 0.717) is 6.07 Å². The summed E-state index contributed by atoms with van der Waals surface area (Å²) in [6.45, 7) is -0.394. The van der Waals surface area contributed by atoms with Gasteiger partial charge >= 0.3 is 12.1 Å². The maximum atomic E-state index is 13.2. The molecule has 0 saturated carbocycles. The molecule has 0 aliphatic carbocycles. The number of carbonyl (C=O) groups excluding carboxylic acids is 1. The summed E-state index contributed by atoms with van der Waals surface area (Å²) in [6.07, 6.45) is -4.58. The minimum Gasteiger partial charge on any atom is -0.467 e. The van der Waals surface area contributed by atoms with Crippen molar-refractivity contribution >= 4 is 5.97 Å². The molecule has 0 fully saturated rings. The van der Waals surface area contributed by atoms with Crippen LogP contribution in [0.3, 0.4) is 0 Å². The van der Waals surface area contributed by atoms with Crippen LogP contribution in [-0.4, -0.2) is 25.8 Å². The van der Waals surface area contributed by atoms with E-state index in [4.69, 9.17) is 0 Å². The SMILES string of the molecule is COC(=O)C(C)(NCC(F)(F)F)c1ccc(F)c(F)c1. The average molecular weight is 297 g/mol. The second kappa shape index (κ2) is 5.74. The molecule has 3 nitrogen and oxygen atoms in total. The third-order valence-electron chi connectivity index (χ3n) is 2.73. The van der Waals surface area contributed by atoms with Gasteiger partial charge in [-0.25, -0.2) is 13.6 Å². The van der Waals surface area contributed by atoms with Crippen molar-refractivity contribution < 1.29 is 31.5 Å². The smallest absolute Gasteiger partial charge is 0.401 e. The Labute approximate surface area is 111 Å². The number of ether oxygens (including phenoxy) is 1. The highest BCUT2D eigenvalue weighted by atomic mass is 19.4. The molecule has 0 spiro atoms. The Morgan fingerprint density at radius 3 is 2.30 bits per heavy atom. The standard InChI is InChI=1S/C12H12F5NO2/c1-11(10(19)20-2,18-6-12(15,16)17)7-3-4-8(13)9(14)5-7/h3-5,18H,6H2,1-2H3. The Bertz CT molecular complexity index is 503. The van der Waals surface area contributed by atoms with Gasteiger partial charge in [-0.2, -0.15) is 13.2 Å². The van der Waals surface area contributed by atoms with Crippen LogP contribution in [0.2, 0.25) is 0 Å². The Balaban J connectivity index is 3.16. The Morgan fingerprint density at radius 2 is 1.85 bits per heavy atom. The van der Waals surface area contributed by atoms with Gasteiger partial charge in [-0.05, 0) is 24.6 Å². The van der Waals surface area contributed by atoms with Crippen molar-refractivity contribution in [1.82, 2.24) is 5.32 Å². The first-order valence-corrected chi connectivity index (χ1v) is 5.46. The largest absolute Gasteiger partial charge is 0.467 e. The fraction of sp³-hybridized carbons (Fsp3) is 0.417. The Morgan fingerprint density at radius 1 is 1.25 bits per heavy atom. The summed E-state index contributed by atoms with van der Waals surface area (Å²) < 4.78 is 67.2. The molecule has 0 saturated heterocycles. The molecule has 20 heavy (non-hydrogen) atoms. The minimum atomic E-state index is -4.58. The number of esters is 1. The molecule has 0 aromatic heterocycles. The van der Waals surface area contributed by atoms with Crippen molar-refractivity contribution in [3.63, 3.8) is 0 Å². The molecule has 1 aromatic carbocycles. The van der Waals surface area contributed by atoms with Gasteiger partial charge in [0, 0.05) is 0 Å². The molecule has 0 aliphatic heterocycles. The number of alkyl halides is 3. The van der Waals surface area contributed by atoms with Crippen molar-refractivity contribution in [2.24, 2.45) is 0 Å². The molecule has 1 atom stereocenters. The summed E-state index contributed by atoms with van der Waals surface area (Å²) >= 11 is 0. The number of hydrogen-bond acceptors (Lipinski definition) is 3. The lowest BCUT2D eigenvalue weighted by molar-refractivity contribution is -0.153. The number of carbonyl (C=O) groups is 1. The zero-order chi connectivity index (χ0) is 15.6. The molecule has 112 valence electrons. The molecule has 1 unspecified atom stereocenters. The van der Waals surface area contributed by atoms with Crippen molar-refractivity contribution in [2.45, 2.75) is 18.6 Å². The molecule has 1 aromatic rings. The maximum Gasteiger partial charge on any atom is 0.401 e. The van der Waals surface area contributed by atoms with Crippen LogP contribution in [0.1, 0.15) is 12.5 Å². The van der Waals surface area contributed by atoms with Crippen molar-refractivity contribution in [3.05, 3.63) is 35.4 Å². The topological polar surface area (TPSA) is 38.3 Å². The van der Waals surface area contributed by atoms with Crippen LogP contribution in [-0.2, 0) is 15.1 Å². The van der Waals surface area contributed by atoms with E-state index in [-0.39, 0.29) is 5.56 Å². The van der Waals surface area contributed by atoms with Crippen LogP contribution >= 0.6 is 0 Å². The summed E-state index contributed by atoms with van der Waals surface area (Å²) in [5.74, 6) is -3.49. The number of benzene rings is 1. The summed E-state index contributed by atoms with van der Waals surface area (Å²) in [7, 11) is 0.982. The van der Waals surface area contributed by atoms with E-state index in [1.54, 1.807) is 0 Å². The second-order valence-electron chi connectivity index (χ2n) is 4.21. The van der Waals surface area contributed by atoms with Crippen LogP contribution in [0.4, 0.5) is 22.0 Å². The van der Waals surface area contributed by atoms with E-state index in [9.17, 15) is 26.7 Å². The number of hydrogen-bond donors (Lipinski definition) is 1.